The third kappa shape index (κ3) is 3.28. The van der Waals surface area contributed by atoms with Crippen molar-refractivity contribution in [3.8, 4) is 16.9 Å². The van der Waals surface area contributed by atoms with Crippen LogP contribution in [0.2, 0.25) is 10.0 Å². The van der Waals surface area contributed by atoms with Gasteiger partial charge >= 0.3 is 0 Å². The number of alkyl halides is 2. The molecule has 0 amide bonds. The third-order valence-corrected chi connectivity index (χ3v) is 5.85. The second kappa shape index (κ2) is 7.08. The normalized spacial score (nSPS) is 14.1. The van der Waals surface area contributed by atoms with Crippen molar-refractivity contribution in [2.75, 3.05) is 0 Å². The van der Waals surface area contributed by atoms with Gasteiger partial charge in [0.2, 0.25) is 0 Å². The van der Waals surface area contributed by atoms with Gasteiger partial charge in [-0.25, -0.2) is 18.4 Å². The largest absolute Gasteiger partial charge is 0.264 e. The number of aromatic nitrogens is 3. The molecule has 0 bridgehead atoms. The van der Waals surface area contributed by atoms with E-state index in [1.165, 1.54) is 6.07 Å². The molecule has 1 aliphatic rings. The molecule has 0 unspecified atom stereocenters. The number of halogens is 4. The monoisotopic (exact) mass is 429 g/mol. The van der Waals surface area contributed by atoms with E-state index in [9.17, 15) is 8.78 Å². The Balaban J connectivity index is 1.82. The molecule has 1 fully saturated rings. The van der Waals surface area contributed by atoms with Crippen molar-refractivity contribution >= 4 is 34.2 Å². The van der Waals surface area contributed by atoms with Crippen LogP contribution in [0, 0.1) is 0 Å². The second-order valence-corrected chi connectivity index (χ2v) is 7.95. The van der Waals surface area contributed by atoms with E-state index in [1.54, 1.807) is 22.9 Å². The molecular formula is C22H15Cl2F2N3. The van der Waals surface area contributed by atoms with E-state index >= 15 is 0 Å². The summed E-state index contributed by atoms with van der Waals surface area (Å²) in [6.45, 7) is 0. The molecule has 2 aromatic carbocycles. The molecule has 5 rings (SSSR count). The summed E-state index contributed by atoms with van der Waals surface area (Å²) < 4.78 is 29.9. The van der Waals surface area contributed by atoms with E-state index in [1.807, 2.05) is 30.3 Å². The molecule has 0 aliphatic heterocycles. The van der Waals surface area contributed by atoms with Crippen LogP contribution in [0.5, 0.6) is 0 Å². The van der Waals surface area contributed by atoms with Gasteiger partial charge in [-0.05, 0) is 43.2 Å². The van der Waals surface area contributed by atoms with E-state index in [2.05, 4.69) is 0 Å². The minimum Gasteiger partial charge on any atom is -0.228 e. The lowest BCUT2D eigenvalue weighted by atomic mass is 10.0. The van der Waals surface area contributed by atoms with Gasteiger partial charge in [-0.15, -0.1) is 0 Å². The van der Waals surface area contributed by atoms with Gasteiger partial charge in [0, 0.05) is 17.0 Å². The molecule has 1 aliphatic carbocycles. The summed E-state index contributed by atoms with van der Waals surface area (Å²) in [6, 6.07) is 15.9. The van der Waals surface area contributed by atoms with Crippen molar-refractivity contribution < 1.29 is 8.78 Å². The van der Waals surface area contributed by atoms with Gasteiger partial charge in [0.05, 0.1) is 32.5 Å². The molecule has 2 heterocycles. The predicted octanol–water partition coefficient (Wildman–Crippen LogP) is 7.21. The fourth-order valence-corrected chi connectivity index (χ4v) is 3.84. The summed E-state index contributed by atoms with van der Waals surface area (Å²) in [6.07, 6.45) is -0.732. The van der Waals surface area contributed by atoms with E-state index in [4.69, 9.17) is 33.3 Å². The van der Waals surface area contributed by atoms with Crippen molar-refractivity contribution in [3.63, 3.8) is 0 Å². The molecule has 1 saturated carbocycles. The van der Waals surface area contributed by atoms with Crippen molar-refractivity contribution in [2.45, 2.75) is 25.2 Å². The highest BCUT2D eigenvalue weighted by atomic mass is 35.5. The Morgan fingerprint density at radius 2 is 1.72 bits per heavy atom. The lowest BCUT2D eigenvalue weighted by Crippen LogP contribution is -1.99. The molecule has 0 spiro atoms. The van der Waals surface area contributed by atoms with Gasteiger partial charge in [0.15, 0.2) is 5.65 Å². The van der Waals surface area contributed by atoms with Crippen LogP contribution in [-0.4, -0.2) is 14.8 Å². The highest BCUT2D eigenvalue weighted by Crippen LogP contribution is 2.45. The van der Waals surface area contributed by atoms with Gasteiger partial charge in [-0.3, -0.25) is 0 Å². The zero-order valence-electron chi connectivity index (χ0n) is 15.1. The van der Waals surface area contributed by atoms with Crippen LogP contribution in [0.25, 0.3) is 28.0 Å². The van der Waals surface area contributed by atoms with Gasteiger partial charge in [0.25, 0.3) is 6.43 Å². The Morgan fingerprint density at radius 3 is 2.38 bits per heavy atom. The lowest BCUT2D eigenvalue weighted by Gasteiger charge is -2.10. The maximum Gasteiger partial charge on any atom is 0.264 e. The molecular weight excluding hydrogens is 415 g/mol. The molecule has 4 aromatic rings. The molecule has 29 heavy (non-hydrogen) atoms. The Labute approximate surface area is 175 Å². The maximum absolute atomic E-state index is 14.1. The Bertz CT molecular complexity index is 1220. The Kier molecular flexibility index (Phi) is 4.52. The van der Waals surface area contributed by atoms with Crippen molar-refractivity contribution in [3.05, 3.63) is 75.9 Å². The van der Waals surface area contributed by atoms with Gasteiger partial charge in [-0.1, -0.05) is 47.5 Å². The zero-order valence-corrected chi connectivity index (χ0v) is 16.6. The summed E-state index contributed by atoms with van der Waals surface area (Å²) in [7, 11) is 0. The number of rotatable bonds is 4. The topological polar surface area (TPSA) is 30.7 Å². The second-order valence-electron chi connectivity index (χ2n) is 7.13. The van der Waals surface area contributed by atoms with E-state index in [0.717, 1.165) is 18.5 Å². The number of hydrogen-bond acceptors (Lipinski definition) is 2. The van der Waals surface area contributed by atoms with E-state index in [0.29, 0.717) is 38.0 Å². The average molecular weight is 430 g/mol. The number of hydrogen-bond donors (Lipinski definition) is 0. The molecule has 3 nitrogen and oxygen atoms in total. The molecule has 146 valence electrons. The van der Waals surface area contributed by atoms with Gasteiger partial charge in [0.1, 0.15) is 0 Å². The van der Waals surface area contributed by atoms with Crippen LogP contribution in [0.15, 0.2) is 54.6 Å². The highest BCUT2D eigenvalue weighted by molar-refractivity contribution is 6.42. The first-order valence-corrected chi connectivity index (χ1v) is 10.0. The predicted molar refractivity (Wildman–Crippen MR) is 111 cm³/mol. The maximum atomic E-state index is 14.1. The minimum atomic E-state index is -2.65. The van der Waals surface area contributed by atoms with Crippen LogP contribution >= 0.6 is 23.2 Å². The molecule has 7 heteroatoms. The van der Waals surface area contributed by atoms with Crippen LogP contribution in [-0.2, 0) is 0 Å². The van der Waals surface area contributed by atoms with Crippen LogP contribution in [0.3, 0.4) is 0 Å². The summed E-state index contributed by atoms with van der Waals surface area (Å²) in [5, 5.41) is 5.90. The smallest absolute Gasteiger partial charge is 0.228 e. The molecule has 0 N–H and O–H groups in total. The number of fused-ring (bicyclic) bond motifs is 1. The molecule has 0 atom stereocenters. The van der Waals surface area contributed by atoms with E-state index in [-0.39, 0.29) is 11.5 Å². The summed E-state index contributed by atoms with van der Waals surface area (Å²) in [4.78, 5) is 4.73. The first kappa shape index (κ1) is 18.5. The Morgan fingerprint density at radius 1 is 0.966 bits per heavy atom. The fourth-order valence-electron chi connectivity index (χ4n) is 3.54. The van der Waals surface area contributed by atoms with E-state index < -0.39 is 6.43 Å². The third-order valence-electron chi connectivity index (χ3n) is 5.11. The molecule has 2 aromatic heterocycles. The van der Waals surface area contributed by atoms with Crippen LogP contribution in [0.1, 0.15) is 36.4 Å². The molecule has 0 saturated heterocycles. The number of nitrogens with zero attached hydrogens (tertiary/aromatic N) is 3. The zero-order chi connectivity index (χ0) is 20.1. The first-order valence-electron chi connectivity index (χ1n) is 9.25. The minimum absolute atomic E-state index is 0.0554. The Hall–Kier alpha value is -2.50. The lowest BCUT2D eigenvalue weighted by molar-refractivity contribution is 0.153. The molecule has 0 radical (unpaired) electrons. The number of benzene rings is 2. The van der Waals surface area contributed by atoms with Crippen LogP contribution < -0.4 is 0 Å². The fraction of sp³-hybridized carbons (Fsp3) is 0.182. The van der Waals surface area contributed by atoms with Crippen molar-refractivity contribution in [2.24, 2.45) is 0 Å². The van der Waals surface area contributed by atoms with Gasteiger partial charge < -0.3 is 0 Å². The SMILES string of the molecule is FC(F)c1cc(-c2ccc(Cl)c(Cl)c2)nc2c1c(C1CC1)nn2-c1ccccc1. The number of para-hydroxylation sites is 1. The quantitative estimate of drug-likeness (QED) is 0.343. The van der Waals surface area contributed by atoms with Crippen LogP contribution in [0.4, 0.5) is 8.78 Å². The van der Waals surface area contributed by atoms with Crippen molar-refractivity contribution in [1.82, 2.24) is 14.8 Å². The average Bonchev–Trinajstić information content (AvgIpc) is 3.50. The standard InChI is InChI=1S/C22H15Cl2F2N3/c23-16-9-8-13(10-17(16)24)18-11-15(21(25)26)19-20(12-6-7-12)28-29(22(19)27-18)14-4-2-1-3-5-14/h1-5,8-12,21H,6-7H2. The highest BCUT2D eigenvalue weighted by Gasteiger charge is 2.33. The van der Waals surface area contributed by atoms with Crippen molar-refractivity contribution in [1.29, 1.82) is 0 Å². The first-order chi connectivity index (χ1) is 14.0. The summed E-state index contributed by atoms with van der Waals surface area (Å²) in [5.41, 5.74) is 2.88. The number of pyridine rings is 1. The summed E-state index contributed by atoms with van der Waals surface area (Å²) in [5.74, 6) is 0.206. The summed E-state index contributed by atoms with van der Waals surface area (Å²) >= 11 is 12.1. The van der Waals surface area contributed by atoms with Gasteiger partial charge in [-0.2, -0.15) is 5.10 Å².